The third-order valence-electron chi connectivity index (χ3n) is 3.56. The Labute approximate surface area is 153 Å². The average molecular weight is 369 g/mol. The number of nitrogens with one attached hydrogen (secondary N) is 1. The van der Waals surface area contributed by atoms with Crippen LogP contribution in [0.1, 0.15) is 15.9 Å². The fourth-order valence-electron chi connectivity index (χ4n) is 2.39. The number of hydrogen-bond acceptors (Lipinski definition) is 5. The fraction of sp³-hybridized carbons (Fsp3) is 0.0526. The molecule has 26 heavy (non-hydrogen) atoms. The van der Waals surface area contributed by atoms with Gasteiger partial charge in [0.15, 0.2) is 0 Å². The molecule has 0 aliphatic heterocycles. The number of amides is 1. The number of rotatable bonds is 5. The zero-order chi connectivity index (χ0) is 18.5. The van der Waals surface area contributed by atoms with Crippen molar-refractivity contribution in [1.82, 2.24) is 0 Å². The maximum absolute atomic E-state index is 12.0. The van der Waals surface area contributed by atoms with Crippen LogP contribution in [0.15, 0.2) is 60.0 Å². The smallest absolute Gasteiger partial charge is 0.412 e. The van der Waals surface area contributed by atoms with Crippen molar-refractivity contribution in [2.45, 2.75) is 6.61 Å². The van der Waals surface area contributed by atoms with Crippen LogP contribution in [0.25, 0.3) is 10.4 Å². The van der Waals surface area contributed by atoms with E-state index in [-0.39, 0.29) is 23.6 Å². The molecule has 0 fully saturated rings. The number of thiophene rings is 1. The first-order chi connectivity index (χ1) is 12.5. The van der Waals surface area contributed by atoms with Gasteiger partial charge in [0.1, 0.15) is 17.9 Å². The van der Waals surface area contributed by atoms with Crippen LogP contribution in [0.5, 0.6) is 5.75 Å². The summed E-state index contributed by atoms with van der Waals surface area (Å²) in [6, 6.07) is 15.4. The number of ether oxygens (including phenoxy) is 1. The number of aromatic carboxylic acids is 1. The molecule has 3 aromatic rings. The number of phenolic OH excluding ortho intramolecular Hbond substituents is 1. The van der Waals surface area contributed by atoms with Gasteiger partial charge < -0.3 is 14.9 Å². The number of hydrogen-bond donors (Lipinski definition) is 3. The molecule has 0 saturated heterocycles. The molecule has 3 N–H and O–H groups in total. The number of carboxylic acid groups (broad SMARTS) is 1. The van der Waals surface area contributed by atoms with Gasteiger partial charge in [-0.2, -0.15) is 0 Å². The number of carbonyl (C=O) groups is 2. The van der Waals surface area contributed by atoms with Crippen molar-refractivity contribution >= 4 is 29.1 Å². The maximum atomic E-state index is 12.0. The van der Waals surface area contributed by atoms with E-state index in [1.807, 2.05) is 30.3 Å². The minimum Gasteiger partial charge on any atom is -0.508 e. The highest BCUT2D eigenvalue weighted by atomic mass is 32.1. The van der Waals surface area contributed by atoms with Gasteiger partial charge >= 0.3 is 12.1 Å². The zero-order valence-corrected chi connectivity index (χ0v) is 14.3. The van der Waals surface area contributed by atoms with Crippen LogP contribution >= 0.6 is 11.3 Å². The lowest BCUT2D eigenvalue weighted by atomic mass is 10.1. The van der Waals surface area contributed by atoms with Crippen LogP contribution < -0.4 is 5.32 Å². The number of benzene rings is 2. The van der Waals surface area contributed by atoms with Gasteiger partial charge in [0, 0.05) is 5.38 Å². The van der Waals surface area contributed by atoms with E-state index in [0.29, 0.717) is 10.4 Å². The Bertz CT molecular complexity index is 936. The third-order valence-corrected chi connectivity index (χ3v) is 4.59. The minimum absolute atomic E-state index is 0.0315. The quantitative estimate of drug-likeness (QED) is 0.612. The molecule has 7 heteroatoms. The van der Waals surface area contributed by atoms with Crippen LogP contribution in [0, 0.1) is 0 Å². The van der Waals surface area contributed by atoms with E-state index in [1.54, 1.807) is 12.1 Å². The minimum atomic E-state index is -1.18. The molecule has 0 bridgehead atoms. The first-order valence-corrected chi connectivity index (χ1v) is 8.54. The summed E-state index contributed by atoms with van der Waals surface area (Å²) in [4.78, 5) is 24.1. The van der Waals surface area contributed by atoms with Crippen LogP contribution in [0.4, 0.5) is 10.5 Å². The Morgan fingerprint density at radius 3 is 2.54 bits per heavy atom. The molecule has 132 valence electrons. The lowest BCUT2D eigenvalue weighted by Gasteiger charge is -2.08. The van der Waals surface area contributed by atoms with Crippen molar-refractivity contribution in [2.75, 3.05) is 5.32 Å². The third kappa shape index (κ3) is 4.01. The van der Waals surface area contributed by atoms with Crippen molar-refractivity contribution < 1.29 is 24.5 Å². The van der Waals surface area contributed by atoms with Crippen molar-refractivity contribution in [3.63, 3.8) is 0 Å². The first-order valence-electron chi connectivity index (χ1n) is 7.66. The molecule has 1 aromatic heterocycles. The zero-order valence-electron chi connectivity index (χ0n) is 13.5. The van der Waals surface area contributed by atoms with Crippen LogP contribution in [0.3, 0.4) is 0 Å². The van der Waals surface area contributed by atoms with Crippen molar-refractivity contribution in [1.29, 1.82) is 0 Å². The summed E-state index contributed by atoms with van der Waals surface area (Å²) in [6.07, 6.45) is -0.739. The molecule has 0 aliphatic carbocycles. The molecule has 0 saturated carbocycles. The number of phenols is 1. The standard InChI is InChI=1S/C19H15NO5S/c21-14-8-4-7-13(9-14)17-16(18(22)23)15(11-26-17)20-19(24)25-10-12-5-2-1-3-6-12/h1-9,11,21H,10H2,(H,20,24)(H,22,23). The van der Waals surface area contributed by atoms with E-state index in [0.717, 1.165) is 16.9 Å². The molecular formula is C19H15NO5S. The molecule has 0 aliphatic rings. The van der Waals surface area contributed by atoms with Gasteiger partial charge in [0.2, 0.25) is 0 Å². The summed E-state index contributed by atoms with van der Waals surface area (Å²) in [7, 11) is 0. The summed E-state index contributed by atoms with van der Waals surface area (Å²) in [6.45, 7) is 0.0820. The van der Waals surface area contributed by atoms with Crippen molar-refractivity contribution in [3.05, 3.63) is 71.1 Å². The second-order valence-corrected chi connectivity index (χ2v) is 6.28. The Hall–Kier alpha value is -3.32. The number of carbonyl (C=O) groups excluding carboxylic acids is 1. The van der Waals surface area contributed by atoms with E-state index in [4.69, 9.17) is 4.74 Å². The molecule has 6 nitrogen and oxygen atoms in total. The van der Waals surface area contributed by atoms with E-state index in [1.165, 1.54) is 17.5 Å². The topological polar surface area (TPSA) is 95.9 Å². The molecular weight excluding hydrogens is 354 g/mol. The second kappa shape index (κ2) is 7.71. The molecule has 0 radical (unpaired) electrons. The summed E-state index contributed by atoms with van der Waals surface area (Å²) in [5, 5.41) is 23.1. The van der Waals surface area contributed by atoms with E-state index >= 15 is 0 Å². The number of aromatic hydroxyl groups is 1. The van der Waals surface area contributed by atoms with Gasteiger partial charge in [-0.05, 0) is 23.3 Å². The fourth-order valence-corrected chi connectivity index (χ4v) is 3.38. The van der Waals surface area contributed by atoms with Gasteiger partial charge in [-0.3, -0.25) is 5.32 Å². The average Bonchev–Trinajstić information content (AvgIpc) is 3.04. The molecule has 0 spiro atoms. The predicted octanol–water partition coefficient (Wildman–Crippen LogP) is 4.57. The summed E-state index contributed by atoms with van der Waals surface area (Å²) < 4.78 is 5.12. The normalized spacial score (nSPS) is 10.3. The highest BCUT2D eigenvalue weighted by Gasteiger charge is 2.21. The van der Waals surface area contributed by atoms with E-state index in [9.17, 15) is 19.8 Å². The monoisotopic (exact) mass is 369 g/mol. The first kappa shape index (κ1) is 17.5. The van der Waals surface area contributed by atoms with E-state index < -0.39 is 12.1 Å². The highest BCUT2D eigenvalue weighted by Crippen LogP contribution is 2.37. The Morgan fingerprint density at radius 2 is 1.85 bits per heavy atom. The van der Waals surface area contributed by atoms with Crippen molar-refractivity contribution in [2.24, 2.45) is 0 Å². The van der Waals surface area contributed by atoms with Gasteiger partial charge in [0.05, 0.1) is 10.6 Å². The van der Waals surface area contributed by atoms with Gasteiger partial charge in [-0.25, -0.2) is 9.59 Å². The predicted molar refractivity (Wildman–Crippen MR) is 98.6 cm³/mol. The molecule has 0 unspecified atom stereocenters. The number of carboxylic acids is 1. The highest BCUT2D eigenvalue weighted by molar-refractivity contribution is 7.14. The number of anilines is 1. The maximum Gasteiger partial charge on any atom is 0.412 e. The van der Waals surface area contributed by atoms with Gasteiger partial charge in [0.25, 0.3) is 0 Å². The van der Waals surface area contributed by atoms with Crippen LogP contribution in [0.2, 0.25) is 0 Å². The molecule has 3 rings (SSSR count). The van der Waals surface area contributed by atoms with Crippen molar-refractivity contribution in [3.8, 4) is 16.2 Å². The van der Waals surface area contributed by atoms with Crippen LogP contribution in [-0.4, -0.2) is 22.3 Å². The molecule has 0 atom stereocenters. The Morgan fingerprint density at radius 1 is 1.08 bits per heavy atom. The Balaban J connectivity index is 1.78. The summed E-state index contributed by atoms with van der Waals surface area (Å²) in [5.41, 5.74) is 1.49. The summed E-state index contributed by atoms with van der Waals surface area (Å²) >= 11 is 1.16. The second-order valence-electron chi connectivity index (χ2n) is 5.40. The Kier molecular flexibility index (Phi) is 5.19. The molecule has 2 aromatic carbocycles. The largest absolute Gasteiger partial charge is 0.508 e. The van der Waals surface area contributed by atoms with Gasteiger partial charge in [-0.15, -0.1) is 11.3 Å². The van der Waals surface area contributed by atoms with Crippen LogP contribution in [-0.2, 0) is 11.3 Å². The molecule has 1 amide bonds. The van der Waals surface area contributed by atoms with Gasteiger partial charge in [-0.1, -0.05) is 42.5 Å². The lowest BCUT2D eigenvalue weighted by Crippen LogP contribution is -2.15. The SMILES string of the molecule is O=C(Nc1csc(-c2cccc(O)c2)c1C(=O)O)OCc1ccccc1. The molecule has 1 heterocycles. The van der Waals surface area contributed by atoms with E-state index in [2.05, 4.69) is 5.32 Å². The lowest BCUT2D eigenvalue weighted by molar-refractivity contribution is 0.0699. The summed E-state index contributed by atoms with van der Waals surface area (Å²) in [5.74, 6) is -1.15.